The van der Waals surface area contributed by atoms with Crippen LogP contribution in [0.3, 0.4) is 0 Å². The van der Waals surface area contributed by atoms with Gasteiger partial charge >= 0.3 is 0 Å². The van der Waals surface area contributed by atoms with Gasteiger partial charge in [0.15, 0.2) is 6.29 Å². The summed E-state index contributed by atoms with van der Waals surface area (Å²) in [5.74, 6) is -0.147. The zero-order valence-electron chi connectivity index (χ0n) is 29.6. The quantitative estimate of drug-likeness (QED) is 0.0466. The molecule has 46 heavy (non-hydrogen) atoms. The minimum Gasteiger partial charge on any atom is -0.394 e. The van der Waals surface area contributed by atoms with Gasteiger partial charge in [0.2, 0.25) is 5.91 Å². The van der Waals surface area contributed by atoms with Crippen LogP contribution in [0.25, 0.3) is 0 Å². The Bertz CT molecular complexity index is 696. The van der Waals surface area contributed by atoms with E-state index in [-0.39, 0.29) is 12.5 Å². The number of aliphatic hydroxyl groups is 5. The molecule has 1 aliphatic heterocycles. The Labute approximate surface area is 281 Å². The summed E-state index contributed by atoms with van der Waals surface area (Å²) in [4.78, 5) is 12.8. The Balaban J connectivity index is 2.33. The smallest absolute Gasteiger partial charge is 0.220 e. The molecule has 0 radical (unpaired) electrons. The SMILES string of the molecule is CCCCCCCCCCCCCCCCCCC(=O)NC(COC1OC(CO)C(O)C(O)C1O)C(O)CCCCCCCCC. The number of hydrogen-bond donors (Lipinski definition) is 6. The first-order valence-corrected chi connectivity index (χ1v) is 19.2. The van der Waals surface area contributed by atoms with Gasteiger partial charge in [-0.3, -0.25) is 4.79 Å². The molecular weight excluding hydrogens is 586 g/mol. The molecule has 7 unspecified atom stereocenters. The Kier molecular flexibility index (Phi) is 27.4. The number of carbonyl (C=O) groups excluding carboxylic acids is 1. The van der Waals surface area contributed by atoms with Crippen molar-refractivity contribution in [2.75, 3.05) is 13.2 Å². The molecular formula is C37H73NO8. The summed E-state index contributed by atoms with van der Waals surface area (Å²) in [6.45, 7) is 3.77. The number of unbranched alkanes of at least 4 members (excludes halogenated alkanes) is 21. The first kappa shape index (κ1) is 43.2. The lowest BCUT2D eigenvalue weighted by Gasteiger charge is -2.40. The fourth-order valence-electron chi connectivity index (χ4n) is 6.28. The average molecular weight is 660 g/mol. The third-order valence-electron chi connectivity index (χ3n) is 9.46. The van der Waals surface area contributed by atoms with Crippen molar-refractivity contribution < 1.29 is 39.8 Å². The van der Waals surface area contributed by atoms with Crippen LogP contribution in [0.4, 0.5) is 0 Å². The monoisotopic (exact) mass is 660 g/mol. The van der Waals surface area contributed by atoms with Crippen LogP contribution in [0, 0.1) is 0 Å². The zero-order chi connectivity index (χ0) is 33.8. The number of carbonyl (C=O) groups is 1. The van der Waals surface area contributed by atoms with Crippen molar-refractivity contribution in [3.8, 4) is 0 Å². The Hall–Kier alpha value is -0.810. The van der Waals surface area contributed by atoms with E-state index in [0.717, 1.165) is 38.5 Å². The van der Waals surface area contributed by atoms with Crippen LogP contribution in [0.15, 0.2) is 0 Å². The van der Waals surface area contributed by atoms with E-state index in [0.29, 0.717) is 12.8 Å². The lowest BCUT2D eigenvalue weighted by atomic mass is 9.99. The van der Waals surface area contributed by atoms with E-state index >= 15 is 0 Å². The molecule has 1 saturated heterocycles. The van der Waals surface area contributed by atoms with Gasteiger partial charge in [-0.15, -0.1) is 0 Å². The first-order valence-electron chi connectivity index (χ1n) is 19.2. The lowest BCUT2D eigenvalue weighted by molar-refractivity contribution is -0.302. The summed E-state index contributed by atoms with van der Waals surface area (Å²) < 4.78 is 11.2. The second-order valence-electron chi connectivity index (χ2n) is 13.7. The van der Waals surface area contributed by atoms with E-state index in [9.17, 15) is 30.3 Å². The van der Waals surface area contributed by atoms with E-state index in [2.05, 4.69) is 19.2 Å². The highest BCUT2D eigenvalue weighted by Gasteiger charge is 2.44. The Morgan fingerprint density at radius 3 is 1.54 bits per heavy atom. The molecule has 1 amide bonds. The zero-order valence-corrected chi connectivity index (χ0v) is 29.6. The molecule has 1 fully saturated rings. The van der Waals surface area contributed by atoms with Crippen molar-refractivity contribution in [1.29, 1.82) is 0 Å². The van der Waals surface area contributed by atoms with Gasteiger partial charge in [-0.2, -0.15) is 0 Å². The van der Waals surface area contributed by atoms with Crippen molar-refractivity contribution in [2.45, 2.75) is 217 Å². The normalized spacial score (nSPS) is 23.0. The van der Waals surface area contributed by atoms with Crippen LogP contribution >= 0.6 is 0 Å². The summed E-state index contributed by atoms with van der Waals surface area (Å²) in [6.07, 6.45) is 21.3. The molecule has 274 valence electrons. The second kappa shape index (κ2) is 29.1. The number of aliphatic hydroxyl groups excluding tert-OH is 5. The molecule has 9 heteroatoms. The highest BCUT2D eigenvalue weighted by atomic mass is 16.7. The van der Waals surface area contributed by atoms with Crippen molar-refractivity contribution >= 4 is 5.91 Å². The molecule has 1 aliphatic rings. The fraction of sp³-hybridized carbons (Fsp3) is 0.973. The van der Waals surface area contributed by atoms with Crippen molar-refractivity contribution in [3.05, 3.63) is 0 Å². The Morgan fingerprint density at radius 1 is 0.652 bits per heavy atom. The minimum atomic E-state index is -1.54. The molecule has 7 atom stereocenters. The van der Waals surface area contributed by atoms with E-state index < -0.39 is 49.5 Å². The van der Waals surface area contributed by atoms with Crippen LogP contribution in [0.1, 0.15) is 174 Å². The molecule has 6 N–H and O–H groups in total. The van der Waals surface area contributed by atoms with Crippen molar-refractivity contribution in [1.82, 2.24) is 5.32 Å². The van der Waals surface area contributed by atoms with Gasteiger partial charge in [0, 0.05) is 6.42 Å². The first-order chi connectivity index (χ1) is 22.3. The predicted molar refractivity (Wildman–Crippen MR) is 184 cm³/mol. The van der Waals surface area contributed by atoms with Crippen LogP contribution in [-0.4, -0.2) is 87.5 Å². The maximum Gasteiger partial charge on any atom is 0.220 e. The van der Waals surface area contributed by atoms with Gasteiger partial charge in [-0.25, -0.2) is 0 Å². The molecule has 0 aromatic rings. The molecule has 0 bridgehead atoms. The molecule has 1 rings (SSSR count). The summed E-state index contributed by atoms with van der Waals surface area (Å²) in [7, 11) is 0. The molecule has 9 nitrogen and oxygen atoms in total. The van der Waals surface area contributed by atoms with E-state index in [1.165, 1.54) is 109 Å². The minimum absolute atomic E-state index is 0.134. The van der Waals surface area contributed by atoms with Crippen LogP contribution < -0.4 is 5.32 Å². The molecule has 0 saturated carbocycles. The lowest BCUT2D eigenvalue weighted by Crippen LogP contribution is -2.60. The van der Waals surface area contributed by atoms with E-state index in [1.54, 1.807) is 0 Å². The van der Waals surface area contributed by atoms with Gasteiger partial charge in [-0.1, -0.05) is 155 Å². The standard InChI is InChI=1S/C37H73NO8/c1-3-5-7-9-11-12-13-14-15-16-17-18-19-21-23-25-27-33(41)38-30(31(40)26-24-22-20-10-8-6-4-2)29-45-37-36(44)35(43)34(42)32(28-39)46-37/h30-32,34-37,39-40,42-44H,3-29H2,1-2H3,(H,38,41). The molecule has 0 aliphatic carbocycles. The molecule has 0 spiro atoms. The van der Waals surface area contributed by atoms with Crippen molar-refractivity contribution in [2.24, 2.45) is 0 Å². The second-order valence-corrected chi connectivity index (χ2v) is 13.7. The number of nitrogens with one attached hydrogen (secondary N) is 1. The fourth-order valence-corrected chi connectivity index (χ4v) is 6.28. The number of ether oxygens (including phenoxy) is 2. The highest BCUT2D eigenvalue weighted by molar-refractivity contribution is 5.76. The highest BCUT2D eigenvalue weighted by Crippen LogP contribution is 2.23. The Morgan fingerprint density at radius 2 is 1.09 bits per heavy atom. The van der Waals surface area contributed by atoms with Gasteiger partial charge in [0.1, 0.15) is 24.4 Å². The largest absolute Gasteiger partial charge is 0.394 e. The van der Waals surface area contributed by atoms with Crippen LogP contribution in [-0.2, 0) is 14.3 Å². The topological polar surface area (TPSA) is 149 Å². The third-order valence-corrected chi connectivity index (χ3v) is 9.46. The summed E-state index contributed by atoms with van der Waals surface area (Å²) in [5.41, 5.74) is 0. The van der Waals surface area contributed by atoms with Gasteiger partial charge in [-0.05, 0) is 12.8 Å². The van der Waals surface area contributed by atoms with Crippen LogP contribution in [0.2, 0.25) is 0 Å². The van der Waals surface area contributed by atoms with Crippen LogP contribution in [0.5, 0.6) is 0 Å². The predicted octanol–water partition coefficient (Wildman–Crippen LogP) is 6.44. The summed E-state index contributed by atoms with van der Waals surface area (Å²) in [5, 5.41) is 53.8. The number of rotatable bonds is 31. The molecule has 0 aromatic carbocycles. The number of hydrogen-bond acceptors (Lipinski definition) is 8. The van der Waals surface area contributed by atoms with Gasteiger partial charge < -0.3 is 40.3 Å². The van der Waals surface area contributed by atoms with Gasteiger partial charge in [0.05, 0.1) is 25.4 Å². The molecule has 1 heterocycles. The number of amides is 1. The van der Waals surface area contributed by atoms with E-state index in [4.69, 9.17) is 9.47 Å². The van der Waals surface area contributed by atoms with Gasteiger partial charge in [0.25, 0.3) is 0 Å². The van der Waals surface area contributed by atoms with Crippen molar-refractivity contribution in [3.63, 3.8) is 0 Å². The third kappa shape index (κ3) is 20.5. The average Bonchev–Trinajstić information content (AvgIpc) is 3.05. The van der Waals surface area contributed by atoms with E-state index in [1.807, 2.05) is 0 Å². The maximum absolute atomic E-state index is 12.8. The summed E-state index contributed by atoms with van der Waals surface area (Å²) >= 11 is 0. The summed E-state index contributed by atoms with van der Waals surface area (Å²) in [6, 6.07) is -0.707. The maximum atomic E-state index is 12.8. The molecule has 0 aromatic heterocycles.